The van der Waals surface area contributed by atoms with E-state index in [9.17, 15) is 5.11 Å². The van der Waals surface area contributed by atoms with Crippen LogP contribution in [-0.4, -0.2) is 49.4 Å². The number of aliphatic hydroxyl groups excluding tert-OH is 2. The van der Waals surface area contributed by atoms with Crippen LogP contribution in [0.4, 0.5) is 0 Å². The molecule has 0 aromatic heterocycles. The standard InChI is InChI=1S/C26H40O5/c1-5-6-15-29-18-23(28)19-31-25-13-9-22(10-14-25)26(3,4)21-7-11-24(12-8-21)30-17-20(2)16-27/h7-9,11-13,20,23,27-28H,5-6,10,14-19H2,1-4H3. The minimum Gasteiger partial charge on any atom is -0.495 e. The van der Waals surface area contributed by atoms with E-state index in [1.165, 1.54) is 11.1 Å². The summed E-state index contributed by atoms with van der Waals surface area (Å²) in [6.07, 6.45) is 7.44. The predicted molar refractivity (Wildman–Crippen MR) is 124 cm³/mol. The molecule has 1 aromatic rings. The van der Waals surface area contributed by atoms with Crippen LogP contribution in [-0.2, 0) is 14.9 Å². The highest BCUT2D eigenvalue weighted by atomic mass is 16.5. The first-order valence-electron chi connectivity index (χ1n) is 11.5. The van der Waals surface area contributed by atoms with Crippen LogP contribution in [0.1, 0.15) is 58.9 Å². The molecule has 1 aromatic carbocycles. The predicted octanol–water partition coefficient (Wildman–Crippen LogP) is 4.77. The van der Waals surface area contributed by atoms with E-state index >= 15 is 0 Å². The van der Waals surface area contributed by atoms with Crippen molar-refractivity contribution >= 4 is 0 Å². The van der Waals surface area contributed by atoms with E-state index in [1.54, 1.807) is 0 Å². The van der Waals surface area contributed by atoms with Gasteiger partial charge in [0.2, 0.25) is 0 Å². The molecule has 0 radical (unpaired) electrons. The first-order chi connectivity index (χ1) is 14.9. The van der Waals surface area contributed by atoms with Crippen molar-refractivity contribution in [1.29, 1.82) is 0 Å². The molecule has 2 rings (SSSR count). The summed E-state index contributed by atoms with van der Waals surface area (Å²) in [4.78, 5) is 0. The van der Waals surface area contributed by atoms with Crippen molar-refractivity contribution in [1.82, 2.24) is 0 Å². The highest BCUT2D eigenvalue weighted by molar-refractivity contribution is 5.40. The molecule has 0 heterocycles. The van der Waals surface area contributed by atoms with Crippen LogP contribution in [0.5, 0.6) is 5.75 Å². The average molecular weight is 433 g/mol. The molecular formula is C26H40O5. The van der Waals surface area contributed by atoms with Crippen LogP contribution in [0, 0.1) is 5.92 Å². The summed E-state index contributed by atoms with van der Waals surface area (Å²) in [5.41, 5.74) is 2.50. The zero-order chi connectivity index (χ0) is 22.7. The Morgan fingerprint density at radius 3 is 2.35 bits per heavy atom. The summed E-state index contributed by atoms with van der Waals surface area (Å²) in [6, 6.07) is 8.23. The molecule has 0 saturated carbocycles. The summed E-state index contributed by atoms with van der Waals surface area (Å²) >= 11 is 0. The number of hydrogen-bond donors (Lipinski definition) is 2. The van der Waals surface area contributed by atoms with E-state index in [-0.39, 0.29) is 24.5 Å². The van der Waals surface area contributed by atoms with Gasteiger partial charge in [-0.3, -0.25) is 0 Å². The van der Waals surface area contributed by atoms with Gasteiger partial charge in [-0.25, -0.2) is 0 Å². The normalized spacial score (nSPS) is 16.3. The smallest absolute Gasteiger partial charge is 0.119 e. The van der Waals surface area contributed by atoms with Crippen LogP contribution in [0.15, 0.2) is 47.7 Å². The Morgan fingerprint density at radius 2 is 1.74 bits per heavy atom. The van der Waals surface area contributed by atoms with E-state index < -0.39 is 6.10 Å². The molecule has 2 N–H and O–H groups in total. The van der Waals surface area contributed by atoms with Gasteiger partial charge in [-0.05, 0) is 36.6 Å². The first-order valence-corrected chi connectivity index (χ1v) is 11.5. The summed E-state index contributed by atoms with van der Waals surface area (Å²) < 4.78 is 17.0. The second-order valence-corrected chi connectivity index (χ2v) is 8.97. The Kier molecular flexibility index (Phi) is 10.6. The molecule has 0 bridgehead atoms. The molecule has 2 unspecified atom stereocenters. The minimum absolute atomic E-state index is 0.0917. The fraction of sp³-hybridized carbons (Fsp3) is 0.615. The number of rotatable bonds is 14. The van der Waals surface area contributed by atoms with Crippen molar-refractivity contribution in [2.45, 2.75) is 64.9 Å². The molecule has 31 heavy (non-hydrogen) atoms. The van der Waals surface area contributed by atoms with Crippen molar-refractivity contribution in [3.63, 3.8) is 0 Å². The Morgan fingerprint density at radius 1 is 1.00 bits per heavy atom. The number of benzene rings is 1. The van der Waals surface area contributed by atoms with Crippen molar-refractivity contribution in [2.24, 2.45) is 5.92 Å². The average Bonchev–Trinajstić information content (AvgIpc) is 2.79. The third-order valence-electron chi connectivity index (χ3n) is 5.75. The second kappa shape index (κ2) is 12.9. The maximum absolute atomic E-state index is 10.00. The van der Waals surface area contributed by atoms with Crippen LogP contribution in [0.25, 0.3) is 0 Å². The van der Waals surface area contributed by atoms with Crippen LogP contribution >= 0.6 is 0 Å². The SMILES string of the molecule is CCCCOCC(O)COC1=CC=C(C(C)(C)c2ccc(OCC(C)CO)cc2)CC1. The highest BCUT2D eigenvalue weighted by Gasteiger charge is 2.27. The zero-order valence-corrected chi connectivity index (χ0v) is 19.6. The van der Waals surface area contributed by atoms with Crippen molar-refractivity contribution in [3.05, 3.63) is 53.3 Å². The molecule has 5 nitrogen and oxygen atoms in total. The molecule has 5 heteroatoms. The zero-order valence-electron chi connectivity index (χ0n) is 19.6. The van der Waals surface area contributed by atoms with Gasteiger partial charge in [0.15, 0.2) is 0 Å². The van der Waals surface area contributed by atoms with Crippen LogP contribution in [0.3, 0.4) is 0 Å². The molecule has 0 saturated heterocycles. The van der Waals surface area contributed by atoms with Gasteiger partial charge in [0, 0.05) is 31.0 Å². The van der Waals surface area contributed by atoms with Gasteiger partial charge < -0.3 is 24.4 Å². The van der Waals surface area contributed by atoms with Gasteiger partial charge in [-0.2, -0.15) is 0 Å². The van der Waals surface area contributed by atoms with Crippen molar-refractivity contribution < 1.29 is 24.4 Å². The fourth-order valence-electron chi connectivity index (χ4n) is 3.42. The van der Waals surface area contributed by atoms with Crippen LogP contribution in [0.2, 0.25) is 0 Å². The Balaban J connectivity index is 1.88. The van der Waals surface area contributed by atoms with Gasteiger partial charge in [-0.15, -0.1) is 0 Å². The highest BCUT2D eigenvalue weighted by Crippen LogP contribution is 2.37. The molecule has 174 valence electrons. The largest absolute Gasteiger partial charge is 0.495 e. The molecule has 1 aliphatic carbocycles. The van der Waals surface area contributed by atoms with Gasteiger partial charge >= 0.3 is 0 Å². The molecule has 0 fully saturated rings. The molecule has 0 aliphatic heterocycles. The van der Waals surface area contributed by atoms with E-state index in [4.69, 9.17) is 19.3 Å². The number of ether oxygens (including phenoxy) is 3. The van der Waals surface area contributed by atoms with E-state index in [0.717, 1.165) is 37.2 Å². The third-order valence-corrected chi connectivity index (χ3v) is 5.75. The van der Waals surface area contributed by atoms with Gasteiger partial charge in [-0.1, -0.05) is 57.9 Å². The minimum atomic E-state index is -0.597. The van der Waals surface area contributed by atoms with E-state index in [1.807, 2.05) is 25.1 Å². The first kappa shape index (κ1) is 25.4. The molecule has 0 amide bonds. The second-order valence-electron chi connectivity index (χ2n) is 8.97. The van der Waals surface area contributed by atoms with Gasteiger partial charge in [0.1, 0.15) is 18.5 Å². The number of hydrogen-bond acceptors (Lipinski definition) is 5. The maximum Gasteiger partial charge on any atom is 0.119 e. The van der Waals surface area contributed by atoms with Gasteiger partial charge in [0.25, 0.3) is 0 Å². The molecule has 1 aliphatic rings. The maximum atomic E-state index is 10.00. The lowest BCUT2D eigenvalue weighted by Crippen LogP contribution is -2.24. The molecule has 2 atom stereocenters. The van der Waals surface area contributed by atoms with E-state index in [0.29, 0.717) is 19.8 Å². The van der Waals surface area contributed by atoms with E-state index in [2.05, 4.69) is 39.0 Å². The molecular weight excluding hydrogens is 392 g/mol. The quantitative estimate of drug-likeness (QED) is 0.415. The summed E-state index contributed by atoms with van der Waals surface area (Å²) in [5, 5.41) is 19.1. The third kappa shape index (κ3) is 8.32. The lowest BCUT2D eigenvalue weighted by Gasteiger charge is -2.31. The fourth-order valence-corrected chi connectivity index (χ4v) is 3.42. The van der Waals surface area contributed by atoms with Gasteiger partial charge in [0.05, 0.1) is 19.0 Å². The van der Waals surface area contributed by atoms with Crippen molar-refractivity contribution in [3.8, 4) is 5.75 Å². The number of unbranched alkanes of at least 4 members (excludes halogenated alkanes) is 1. The number of allylic oxidation sites excluding steroid dienone is 4. The topological polar surface area (TPSA) is 68.2 Å². The summed E-state index contributed by atoms with van der Waals surface area (Å²) in [6.45, 7) is 10.5. The lowest BCUT2D eigenvalue weighted by molar-refractivity contribution is -0.00466. The van der Waals surface area contributed by atoms with Crippen molar-refractivity contribution in [2.75, 3.05) is 33.0 Å². The Labute approximate surface area is 187 Å². The Hall–Kier alpha value is -1.82. The molecule has 0 spiro atoms. The summed E-state index contributed by atoms with van der Waals surface area (Å²) in [7, 11) is 0. The summed E-state index contributed by atoms with van der Waals surface area (Å²) in [5.74, 6) is 1.86. The Bertz CT molecular complexity index is 705. The monoisotopic (exact) mass is 432 g/mol. The number of aliphatic hydroxyl groups is 2. The lowest BCUT2D eigenvalue weighted by atomic mass is 9.74. The van der Waals surface area contributed by atoms with Crippen LogP contribution < -0.4 is 4.74 Å².